The molecule has 0 heterocycles. The van der Waals surface area contributed by atoms with E-state index in [1.807, 2.05) is 6.92 Å². The maximum atomic E-state index is 10.3. The summed E-state index contributed by atoms with van der Waals surface area (Å²) >= 11 is 0. The van der Waals surface area contributed by atoms with Crippen LogP contribution >= 0.6 is 0 Å². The van der Waals surface area contributed by atoms with Crippen molar-refractivity contribution in [1.82, 2.24) is 0 Å². The summed E-state index contributed by atoms with van der Waals surface area (Å²) in [4.78, 5) is 0. The van der Waals surface area contributed by atoms with Crippen LogP contribution in [-0.2, 0) is 0 Å². The van der Waals surface area contributed by atoms with Crippen molar-refractivity contribution in [2.24, 2.45) is 40.4 Å². The molecule has 4 saturated carbocycles. The summed E-state index contributed by atoms with van der Waals surface area (Å²) in [5.41, 5.74) is 0.860. The molecule has 4 fully saturated rings. The van der Waals surface area contributed by atoms with E-state index in [4.69, 9.17) is 0 Å². The van der Waals surface area contributed by atoms with Gasteiger partial charge in [-0.05, 0) is 105 Å². The van der Waals surface area contributed by atoms with E-state index in [0.29, 0.717) is 16.7 Å². The van der Waals surface area contributed by atoms with Gasteiger partial charge in [0.1, 0.15) is 0 Å². The molecule has 4 aliphatic carbocycles. The average molecular weight is 321 g/mol. The van der Waals surface area contributed by atoms with Crippen molar-refractivity contribution >= 4 is 0 Å². The number of fused-ring (bicyclic) bond motifs is 5. The van der Waals surface area contributed by atoms with Gasteiger partial charge in [-0.15, -0.1) is 0 Å². The van der Waals surface area contributed by atoms with Crippen LogP contribution in [0.25, 0.3) is 0 Å². The van der Waals surface area contributed by atoms with Gasteiger partial charge in [-0.2, -0.15) is 0 Å². The number of aliphatic hydroxyl groups is 2. The van der Waals surface area contributed by atoms with Crippen molar-refractivity contribution < 1.29 is 10.2 Å². The smallest absolute Gasteiger partial charge is 0.0545 e. The van der Waals surface area contributed by atoms with Crippen LogP contribution in [-0.4, -0.2) is 22.4 Å². The lowest BCUT2D eigenvalue weighted by Crippen LogP contribution is -2.54. The molecule has 4 rings (SSSR count). The normalized spacial score (nSPS) is 57.3. The van der Waals surface area contributed by atoms with E-state index in [0.717, 1.165) is 36.5 Å². The van der Waals surface area contributed by atoms with Crippen LogP contribution in [0.3, 0.4) is 0 Å². The van der Waals surface area contributed by atoms with Crippen LogP contribution < -0.4 is 0 Å². The minimum atomic E-state index is -0.140. The van der Waals surface area contributed by atoms with Crippen molar-refractivity contribution in [2.75, 3.05) is 0 Å². The second kappa shape index (κ2) is 5.46. The van der Waals surface area contributed by atoms with E-state index < -0.39 is 0 Å². The van der Waals surface area contributed by atoms with Crippen molar-refractivity contribution in [2.45, 2.75) is 90.8 Å². The summed E-state index contributed by atoms with van der Waals surface area (Å²) in [5.74, 6) is 3.87. The van der Waals surface area contributed by atoms with Gasteiger partial charge in [-0.25, -0.2) is 0 Å². The van der Waals surface area contributed by atoms with E-state index in [1.165, 1.54) is 44.9 Å². The Morgan fingerprint density at radius 3 is 2.30 bits per heavy atom. The van der Waals surface area contributed by atoms with E-state index in [-0.39, 0.29) is 12.2 Å². The predicted octanol–water partition coefficient (Wildman–Crippen LogP) is 4.39. The van der Waals surface area contributed by atoms with Crippen molar-refractivity contribution in [3.8, 4) is 0 Å². The van der Waals surface area contributed by atoms with E-state index in [9.17, 15) is 10.2 Å². The molecule has 7 unspecified atom stereocenters. The Labute approximate surface area is 142 Å². The first-order chi connectivity index (χ1) is 10.9. The second-order valence-electron chi connectivity index (χ2n) is 10.1. The van der Waals surface area contributed by atoms with Crippen molar-refractivity contribution in [1.29, 1.82) is 0 Å². The van der Waals surface area contributed by atoms with Gasteiger partial charge in [0.05, 0.1) is 12.2 Å². The molecule has 2 nitrogen and oxygen atoms in total. The lowest BCUT2D eigenvalue weighted by Gasteiger charge is -2.61. The van der Waals surface area contributed by atoms with E-state index in [2.05, 4.69) is 13.8 Å². The third kappa shape index (κ3) is 2.27. The Hall–Kier alpha value is -0.0800. The maximum absolute atomic E-state index is 10.3. The van der Waals surface area contributed by atoms with Gasteiger partial charge in [0, 0.05) is 0 Å². The highest BCUT2D eigenvalue weighted by atomic mass is 16.3. The Morgan fingerprint density at radius 2 is 1.57 bits per heavy atom. The zero-order valence-electron chi connectivity index (χ0n) is 15.3. The molecule has 0 aromatic carbocycles. The molecule has 9 atom stereocenters. The fourth-order valence-electron chi connectivity index (χ4n) is 8.07. The Morgan fingerprint density at radius 1 is 0.870 bits per heavy atom. The van der Waals surface area contributed by atoms with Gasteiger partial charge in [0.25, 0.3) is 0 Å². The fraction of sp³-hybridized carbons (Fsp3) is 1.00. The lowest BCUT2D eigenvalue weighted by molar-refractivity contribution is -0.132. The van der Waals surface area contributed by atoms with Gasteiger partial charge in [-0.1, -0.05) is 13.8 Å². The summed E-state index contributed by atoms with van der Waals surface area (Å²) in [7, 11) is 0. The predicted molar refractivity (Wildman–Crippen MR) is 92.9 cm³/mol. The quantitative estimate of drug-likeness (QED) is 0.752. The first-order valence-electron chi connectivity index (χ1n) is 10.2. The van der Waals surface area contributed by atoms with Crippen LogP contribution in [0.1, 0.15) is 78.6 Å². The summed E-state index contributed by atoms with van der Waals surface area (Å²) in [6, 6.07) is 0. The summed E-state index contributed by atoms with van der Waals surface area (Å²) in [5, 5.41) is 20.4. The molecule has 0 radical (unpaired) electrons. The van der Waals surface area contributed by atoms with Crippen molar-refractivity contribution in [3.63, 3.8) is 0 Å². The number of hydrogen-bond acceptors (Lipinski definition) is 2. The van der Waals surface area contributed by atoms with Gasteiger partial charge in [0.15, 0.2) is 0 Å². The van der Waals surface area contributed by atoms with Crippen LogP contribution in [0.2, 0.25) is 0 Å². The second-order valence-corrected chi connectivity index (χ2v) is 10.1. The van der Waals surface area contributed by atoms with Gasteiger partial charge in [-0.3, -0.25) is 0 Å². The highest BCUT2D eigenvalue weighted by Gasteiger charge is 2.60. The number of aliphatic hydroxyl groups excluding tert-OH is 2. The molecular weight excluding hydrogens is 284 g/mol. The molecule has 0 bridgehead atoms. The Balaban J connectivity index is 1.60. The minimum absolute atomic E-state index is 0.0374. The maximum Gasteiger partial charge on any atom is 0.0545 e. The molecule has 132 valence electrons. The van der Waals surface area contributed by atoms with Crippen LogP contribution in [0, 0.1) is 40.4 Å². The highest BCUT2D eigenvalue weighted by Crippen LogP contribution is 2.67. The molecule has 2 N–H and O–H groups in total. The molecule has 23 heavy (non-hydrogen) atoms. The Kier molecular flexibility index (Phi) is 3.89. The molecule has 0 aromatic rings. The lowest BCUT2D eigenvalue weighted by atomic mass is 9.44. The molecule has 2 heteroatoms. The fourth-order valence-corrected chi connectivity index (χ4v) is 8.07. The SMILES string of the molecule is CC(O)C1CCC2C3CCC4CC(O)CC[C@]4(C)C3CC[C@]12C. The van der Waals surface area contributed by atoms with Crippen molar-refractivity contribution in [3.05, 3.63) is 0 Å². The third-order valence-electron chi connectivity index (χ3n) is 9.29. The van der Waals surface area contributed by atoms with Crippen LogP contribution in [0.15, 0.2) is 0 Å². The summed E-state index contributed by atoms with van der Waals surface area (Å²) in [6.07, 6.45) is 11.1. The first-order valence-corrected chi connectivity index (χ1v) is 10.2. The van der Waals surface area contributed by atoms with E-state index in [1.54, 1.807) is 0 Å². The largest absolute Gasteiger partial charge is 0.393 e. The minimum Gasteiger partial charge on any atom is -0.393 e. The van der Waals surface area contributed by atoms with Crippen LogP contribution in [0.4, 0.5) is 0 Å². The van der Waals surface area contributed by atoms with Crippen LogP contribution in [0.5, 0.6) is 0 Å². The zero-order chi connectivity index (χ0) is 16.4. The summed E-state index contributed by atoms with van der Waals surface area (Å²) in [6.45, 7) is 7.08. The molecule has 4 aliphatic rings. The Bertz CT molecular complexity index is 461. The molecule has 0 spiro atoms. The van der Waals surface area contributed by atoms with Gasteiger partial charge in [0.2, 0.25) is 0 Å². The highest BCUT2D eigenvalue weighted by molar-refractivity contribution is 5.09. The molecule has 0 amide bonds. The molecule has 0 aromatic heterocycles. The third-order valence-corrected chi connectivity index (χ3v) is 9.29. The first kappa shape index (κ1) is 16.4. The average Bonchev–Trinajstić information content (AvgIpc) is 2.85. The molecule has 0 aliphatic heterocycles. The topological polar surface area (TPSA) is 40.5 Å². The molecule has 0 saturated heterocycles. The summed E-state index contributed by atoms with van der Waals surface area (Å²) < 4.78 is 0. The number of hydrogen-bond donors (Lipinski definition) is 2. The van der Waals surface area contributed by atoms with Gasteiger partial charge >= 0.3 is 0 Å². The zero-order valence-corrected chi connectivity index (χ0v) is 15.3. The van der Waals surface area contributed by atoms with E-state index >= 15 is 0 Å². The standard InChI is InChI=1S/C21H36O2/c1-13(22)17-6-7-18-16-5-4-14-12-15(23)8-10-20(14,2)19(16)9-11-21(17,18)3/h13-19,22-23H,4-12H2,1-3H3/t13?,14?,15?,16?,17?,18?,19?,20-,21+/m0/s1. The number of rotatable bonds is 1. The van der Waals surface area contributed by atoms with Gasteiger partial charge < -0.3 is 10.2 Å². The molecular formula is C21H36O2. The monoisotopic (exact) mass is 320 g/mol.